The highest BCUT2D eigenvalue weighted by Crippen LogP contribution is 2.69. The van der Waals surface area contributed by atoms with Gasteiger partial charge in [-0.2, -0.15) is 0 Å². The third kappa shape index (κ3) is 0.821. The number of hydrogen-bond acceptors (Lipinski definition) is 2. The predicted octanol–water partition coefficient (Wildman–Crippen LogP) is 3.18. The number of rotatable bonds is 0. The summed E-state index contributed by atoms with van der Waals surface area (Å²) < 4.78 is 0.163. The summed E-state index contributed by atoms with van der Waals surface area (Å²) in [5, 5.41) is 12.4. The van der Waals surface area contributed by atoms with Crippen molar-refractivity contribution in [2.75, 3.05) is 0 Å². The molecule has 13 heavy (non-hydrogen) atoms. The molecular formula is C10H16BrNO. The van der Waals surface area contributed by atoms with Gasteiger partial charge in [-0.1, -0.05) is 41.9 Å². The lowest BCUT2D eigenvalue weighted by Gasteiger charge is -2.36. The van der Waals surface area contributed by atoms with Gasteiger partial charge in [0, 0.05) is 16.2 Å². The second-order valence-corrected chi connectivity index (χ2v) is 6.66. The van der Waals surface area contributed by atoms with Gasteiger partial charge in [0.1, 0.15) is 0 Å². The molecule has 0 aromatic rings. The van der Waals surface area contributed by atoms with E-state index in [4.69, 9.17) is 5.21 Å². The van der Waals surface area contributed by atoms with Crippen LogP contribution in [-0.4, -0.2) is 15.2 Å². The molecule has 0 spiro atoms. The highest BCUT2D eigenvalue weighted by Gasteiger charge is 2.67. The van der Waals surface area contributed by atoms with Crippen molar-refractivity contribution in [1.82, 2.24) is 0 Å². The van der Waals surface area contributed by atoms with Crippen LogP contribution in [0.2, 0.25) is 0 Å². The number of alkyl halides is 1. The standard InChI is InChI=1S/C10H16BrNO/c1-8(2)9(3)4-5-10(8,11)6-7(9)12-13/h13H,4-6H2,1-3H3/b12-7-/t9-,10+/m1/s1. The van der Waals surface area contributed by atoms with E-state index < -0.39 is 0 Å². The highest BCUT2D eigenvalue weighted by atomic mass is 79.9. The van der Waals surface area contributed by atoms with Gasteiger partial charge >= 0.3 is 0 Å². The quantitative estimate of drug-likeness (QED) is 0.397. The maximum absolute atomic E-state index is 8.97. The van der Waals surface area contributed by atoms with Gasteiger partial charge in [0.15, 0.2) is 0 Å². The van der Waals surface area contributed by atoms with E-state index in [-0.39, 0.29) is 15.2 Å². The summed E-state index contributed by atoms with van der Waals surface area (Å²) in [6.45, 7) is 6.76. The van der Waals surface area contributed by atoms with Gasteiger partial charge in [0.25, 0.3) is 0 Å². The number of nitrogens with zero attached hydrogens (tertiary/aromatic N) is 1. The van der Waals surface area contributed by atoms with E-state index >= 15 is 0 Å². The molecule has 0 aromatic heterocycles. The summed E-state index contributed by atoms with van der Waals surface area (Å²) in [6.07, 6.45) is 3.22. The molecule has 3 heteroatoms. The van der Waals surface area contributed by atoms with Crippen molar-refractivity contribution in [1.29, 1.82) is 0 Å². The predicted molar refractivity (Wildman–Crippen MR) is 56.6 cm³/mol. The number of fused-ring (bicyclic) bond motifs is 2. The molecule has 0 amide bonds. The Morgan fingerprint density at radius 2 is 1.92 bits per heavy atom. The SMILES string of the molecule is CC1(C)[C@]2(Br)CC[C@]1(C)/C(=N\O)C2. The smallest absolute Gasteiger partial charge is 0.0649 e. The first-order valence-electron chi connectivity index (χ1n) is 4.78. The van der Waals surface area contributed by atoms with Crippen LogP contribution in [0.15, 0.2) is 5.16 Å². The zero-order valence-electron chi connectivity index (χ0n) is 8.39. The van der Waals surface area contributed by atoms with E-state index in [0.717, 1.165) is 18.6 Å². The number of halogens is 1. The van der Waals surface area contributed by atoms with Gasteiger partial charge < -0.3 is 5.21 Å². The van der Waals surface area contributed by atoms with Crippen molar-refractivity contribution in [3.8, 4) is 0 Å². The average Bonchev–Trinajstić information content (AvgIpc) is 2.32. The topological polar surface area (TPSA) is 32.6 Å². The maximum Gasteiger partial charge on any atom is 0.0649 e. The summed E-state index contributed by atoms with van der Waals surface area (Å²) in [5.74, 6) is 0. The van der Waals surface area contributed by atoms with Gasteiger partial charge in [0.05, 0.1) is 5.71 Å². The minimum atomic E-state index is 0.0885. The summed E-state index contributed by atoms with van der Waals surface area (Å²) in [6, 6.07) is 0. The van der Waals surface area contributed by atoms with Crippen LogP contribution in [0.25, 0.3) is 0 Å². The molecule has 2 rings (SSSR count). The molecule has 2 saturated carbocycles. The largest absolute Gasteiger partial charge is 0.411 e. The van der Waals surface area contributed by atoms with Crippen molar-refractivity contribution in [3.63, 3.8) is 0 Å². The van der Waals surface area contributed by atoms with E-state index in [9.17, 15) is 0 Å². The van der Waals surface area contributed by atoms with Crippen molar-refractivity contribution in [2.45, 2.75) is 44.4 Å². The van der Waals surface area contributed by atoms with Crippen LogP contribution in [0.5, 0.6) is 0 Å². The third-order valence-electron chi connectivity index (χ3n) is 4.73. The monoisotopic (exact) mass is 245 g/mol. The molecule has 0 unspecified atom stereocenters. The summed E-state index contributed by atoms with van der Waals surface area (Å²) in [4.78, 5) is 0. The van der Waals surface area contributed by atoms with Crippen LogP contribution in [0, 0.1) is 10.8 Å². The van der Waals surface area contributed by atoms with E-state index in [0.29, 0.717) is 0 Å². The Morgan fingerprint density at radius 1 is 1.31 bits per heavy atom. The van der Waals surface area contributed by atoms with E-state index in [1.165, 1.54) is 6.42 Å². The van der Waals surface area contributed by atoms with Crippen LogP contribution in [0.3, 0.4) is 0 Å². The third-order valence-corrected chi connectivity index (χ3v) is 6.39. The normalized spacial score (nSPS) is 50.3. The molecular weight excluding hydrogens is 230 g/mol. The fraction of sp³-hybridized carbons (Fsp3) is 0.900. The Hall–Kier alpha value is -0.0500. The zero-order chi connectivity index (χ0) is 9.91. The van der Waals surface area contributed by atoms with Gasteiger partial charge in [0.2, 0.25) is 0 Å². The van der Waals surface area contributed by atoms with E-state index in [1.807, 2.05) is 0 Å². The van der Waals surface area contributed by atoms with Crippen molar-refractivity contribution < 1.29 is 5.21 Å². The van der Waals surface area contributed by atoms with Crippen LogP contribution >= 0.6 is 15.9 Å². The molecule has 2 nitrogen and oxygen atoms in total. The maximum atomic E-state index is 8.97. The summed E-state index contributed by atoms with van der Waals surface area (Å²) in [7, 11) is 0. The van der Waals surface area contributed by atoms with E-state index in [2.05, 4.69) is 41.9 Å². The Morgan fingerprint density at radius 3 is 2.15 bits per heavy atom. The Bertz CT molecular complexity index is 287. The van der Waals surface area contributed by atoms with Crippen LogP contribution < -0.4 is 0 Å². The van der Waals surface area contributed by atoms with Crippen LogP contribution in [0.1, 0.15) is 40.0 Å². The Kier molecular flexibility index (Phi) is 1.68. The summed E-state index contributed by atoms with van der Waals surface area (Å²) >= 11 is 3.83. The number of hydrogen-bond donors (Lipinski definition) is 1. The number of oxime groups is 1. The molecule has 0 aromatic carbocycles. The average molecular weight is 246 g/mol. The molecule has 0 saturated heterocycles. The van der Waals surface area contributed by atoms with Gasteiger partial charge in [-0.25, -0.2) is 0 Å². The lowest BCUT2D eigenvalue weighted by atomic mass is 9.70. The lowest BCUT2D eigenvalue weighted by molar-refractivity contribution is 0.210. The molecule has 2 fully saturated rings. The molecule has 2 aliphatic carbocycles. The lowest BCUT2D eigenvalue weighted by Crippen LogP contribution is -2.36. The fourth-order valence-electron chi connectivity index (χ4n) is 2.99. The van der Waals surface area contributed by atoms with Gasteiger partial charge in [-0.05, 0) is 18.3 Å². The van der Waals surface area contributed by atoms with Crippen molar-refractivity contribution >= 4 is 21.6 Å². The highest BCUT2D eigenvalue weighted by molar-refractivity contribution is 9.10. The van der Waals surface area contributed by atoms with Crippen LogP contribution in [0.4, 0.5) is 0 Å². The van der Waals surface area contributed by atoms with Gasteiger partial charge in [-0.3, -0.25) is 0 Å². The molecule has 2 atom stereocenters. The molecule has 0 radical (unpaired) electrons. The fourth-order valence-corrected chi connectivity index (χ4v) is 3.89. The zero-order valence-corrected chi connectivity index (χ0v) is 9.98. The second kappa shape index (κ2) is 2.30. The van der Waals surface area contributed by atoms with E-state index in [1.54, 1.807) is 0 Å². The first kappa shape index (κ1) is 9.50. The molecule has 2 aliphatic rings. The Balaban J connectivity index is 2.55. The minimum Gasteiger partial charge on any atom is -0.411 e. The van der Waals surface area contributed by atoms with Crippen molar-refractivity contribution in [2.24, 2.45) is 16.0 Å². The molecule has 0 heterocycles. The molecule has 2 bridgehead atoms. The molecule has 0 aliphatic heterocycles. The van der Waals surface area contributed by atoms with Crippen LogP contribution in [-0.2, 0) is 0 Å². The summed E-state index contributed by atoms with van der Waals surface area (Å²) in [5.41, 5.74) is 1.26. The first-order chi connectivity index (χ1) is 5.87. The van der Waals surface area contributed by atoms with Crippen molar-refractivity contribution in [3.05, 3.63) is 0 Å². The molecule has 1 N–H and O–H groups in total. The second-order valence-electron chi connectivity index (χ2n) is 5.15. The molecule has 74 valence electrons. The van der Waals surface area contributed by atoms with Gasteiger partial charge in [-0.15, -0.1) is 0 Å². The first-order valence-corrected chi connectivity index (χ1v) is 5.57. The minimum absolute atomic E-state index is 0.0885. The Labute approximate surface area is 87.5 Å².